The molecular weight excluding hydrogens is 290 g/mol. The van der Waals surface area contributed by atoms with Crippen molar-refractivity contribution in [2.24, 2.45) is 0 Å². The van der Waals surface area contributed by atoms with Crippen molar-refractivity contribution in [2.75, 3.05) is 11.1 Å². The van der Waals surface area contributed by atoms with Crippen LogP contribution in [-0.4, -0.2) is 4.98 Å². The van der Waals surface area contributed by atoms with Crippen LogP contribution in [0.15, 0.2) is 34.9 Å². The summed E-state index contributed by atoms with van der Waals surface area (Å²) >= 11 is 3.53. The first kappa shape index (κ1) is 12.9. The van der Waals surface area contributed by atoms with Gasteiger partial charge in [-0.2, -0.15) is 0 Å². The number of nitrogens with one attached hydrogen (secondary N) is 1. The van der Waals surface area contributed by atoms with Gasteiger partial charge in [0.1, 0.15) is 5.82 Å². The van der Waals surface area contributed by atoms with Crippen molar-refractivity contribution in [3.63, 3.8) is 0 Å². The normalized spacial score (nSPS) is 10.4. The molecule has 0 bridgehead atoms. The quantitative estimate of drug-likeness (QED) is 0.899. The van der Waals surface area contributed by atoms with Crippen LogP contribution in [0.3, 0.4) is 0 Å². The number of anilines is 3. The number of nitrogen functional groups attached to an aromatic ring is 1. The lowest BCUT2D eigenvalue weighted by atomic mass is 10.1. The summed E-state index contributed by atoms with van der Waals surface area (Å²) in [5.41, 5.74) is 9.86. The van der Waals surface area contributed by atoms with Gasteiger partial charge in [-0.15, -0.1) is 0 Å². The number of nitrogens with two attached hydrogens (primary N) is 1. The van der Waals surface area contributed by atoms with Gasteiger partial charge in [0.15, 0.2) is 0 Å². The standard InChI is InChI=1S/C14H16BrN3/c1-3-10-6-4-5-7-12(10)18-14-13(15)9(2)11(16)8-17-14/h4-8H,3,16H2,1-2H3,(H,17,18). The monoisotopic (exact) mass is 305 g/mol. The van der Waals surface area contributed by atoms with E-state index in [2.05, 4.69) is 45.3 Å². The third-order valence-corrected chi connectivity index (χ3v) is 3.92. The van der Waals surface area contributed by atoms with Gasteiger partial charge in [-0.25, -0.2) is 4.98 Å². The summed E-state index contributed by atoms with van der Waals surface area (Å²) in [4.78, 5) is 4.33. The first-order valence-corrected chi connectivity index (χ1v) is 6.68. The molecule has 18 heavy (non-hydrogen) atoms. The molecule has 0 spiro atoms. The largest absolute Gasteiger partial charge is 0.397 e. The number of rotatable bonds is 3. The van der Waals surface area contributed by atoms with Crippen LogP contribution in [0.2, 0.25) is 0 Å². The summed E-state index contributed by atoms with van der Waals surface area (Å²) in [5.74, 6) is 0.794. The molecule has 0 fully saturated rings. The highest BCUT2D eigenvalue weighted by molar-refractivity contribution is 9.10. The van der Waals surface area contributed by atoms with Gasteiger partial charge in [0.2, 0.25) is 0 Å². The van der Waals surface area contributed by atoms with Crippen molar-refractivity contribution in [1.82, 2.24) is 4.98 Å². The van der Waals surface area contributed by atoms with Gasteiger partial charge >= 0.3 is 0 Å². The molecular formula is C14H16BrN3. The maximum atomic E-state index is 5.82. The van der Waals surface area contributed by atoms with Crippen LogP contribution in [0.4, 0.5) is 17.2 Å². The van der Waals surface area contributed by atoms with Crippen LogP contribution in [0.25, 0.3) is 0 Å². The average molecular weight is 306 g/mol. The zero-order valence-electron chi connectivity index (χ0n) is 10.5. The second-order valence-electron chi connectivity index (χ2n) is 4.14. The zero-order valence-corrected chi connectivity index (χ0v) is 12.1. The third kappa shape index (κ3) is 2.48. The highest BCUT2D eigenvalue weighted by Crippen LogP contribution is 2.30. The molecule has 0 aliphatic rings. The topological polar surface area (TPSA) is 50.9 Å². The van der Waals surface area contributed by atoms with Gasteiger partial charge in [-0.05, 0) is 46.5 Å². The summed E-state index contributed by atoms with van der Waals surface area (Å²) in [6.07, 6.45) is 2.66. The molecule has 0 saturated heterocycles. The summed E-state index contributed by atoms with van der Waals surface area (Å²) in [7, 11) is 0. The van der Waals surface area contributed by atoms with E-state index >= 15 is 0 Å². The number of hydrogen-bond donors (Lipinski definition) is 2. The smallest absolute Gasteiger partial charge is 0.145 e. The van der Waals surface area contributed by atoms with Crippen molar-refractivity contribution < 1.29 is 0 Å². The van der Waals surface area contributed by atoms with Crippen molar-refractivity contribution in [3.8, 4) is 0 Å². The molecule has 1 aromatic heterocycles. The fourth-order valence-corrected chi connectivity index (χ4v) is 2.19. The molecule has 2 rings (SSSR count). The average Bonchev–Trinajstić information content (AvgIpc) is 2.40. The van der Waals surface area contributed by atoms with Crippen molar-refractivity contribution in [1.29, 1.82) is 0 Å². The molecule has 0 radical (unpaired) electrons. The van der Waals surface area contributed by atoms with Crippen molar-refractivity contribution >= 4 is 33.1 Å². The van der Waals surface area contributed by atoms with Crippen molar-refractivity contribution in [3.05, 3.63) is 46.1 Å². The molecule has 94 valence electrons. The van der Waals surface area contributed by atoms with Crippen LogP contribution in [0.1, 0.15) is 18.1 Å². The van der Waals surface area contributed by atoms with E-state index in [9.17, 15) is 0 Å². The van der Waals surface area contributed by atoms with Gasteiger partial charge < -0.3 is 11.1 Å². The lowest BCUT2D eigenvalue weighted by Crippen LogP contribution is -2.01. The minimum Gasteiger partial charge on any atom is -0.397 e. The summed E-state index contributed by atoms with van der Waals surface area (Å²) in [6.45, 7) is 4.11. The van der Waals surface area contributed by atoms with Crippen LogP contribution < -0.4 is 11.1 Å². The molecule has 0 aliphatic carbocycles. The maximum Gasteiger partial charge on any atom is 0.145 e. The van der Waals surface area contributed by atoms with Gasteiger partial charge in [-0.1, -0.05) is 25.1 Å². The molecule has 0 amide bonds. The van der Waals surface area contributed by atoms with E-state index in [1.165, 1.54) is 5.56 Å². The Kier molecular flexibility index (Phi) is 3.87. The highest BCUT2D eigenvalue weighted by Gasteiger charge is 2.08. The van der Waals surface area contributed by atoms with Gasteiger partial charge in [0.05, 0.1) is 16.4 Å². The molecule has 0 unspecified atom stereocenters. The molecule has 0 atom stereocenters. The van der Waals surface area contributed by atoms with E-state index in [4.69, 9.17) is 5.73 Å². The fourth-order valence-electron chi connectivity index (χ4n) is 1.76. The second-order valence-corrected chi connectivity index (χ2v) is 4.93. The van der Waals surface area contributed by atoms with E-state index in [1.54, 1.807) is 6.20 Å². The Bertz CT molecular complexity index is 567. The number of pyridine rings is 1. The molecule has 3 nitrogen and oxygen atoms in total. The second kappa shape index (κ2) is 5.40. The number of halogens is 1. The molecule has 4 heteroatoms. The lowest BCUT2D eigenvalue weighted by molar-refractivity contribution is 1.13. The Hall–Kier alpha value is -1.55. The number of para-hydroxylation sites is 1. The molecule has 0 aliphatic heterocycles. The molecule has 0 saturated carbocycles. The fraction of sp³-hybridized carbons (Fsp3) is 0.214. The van der Waals surface area contributed by atoms with Crippen LogP contribution in [0, 0.1) is 6.92 Å². The summed E-state index contributed by atoms with van der Waals surface area (Å²) in [6, 6.07) is 8.22. The number of nitrogens with zero attached hydrogens (tertiary/aromatic N) is 1. The lowest BCUT2D eigenvalue weighted by Gasteiger charge is -2.13. The molecule has 3 N–H and O–H groups in total. The zero-order chi connectivity index (χ0) is 13.1. The molecule has 1 aromatic carbocycles. The van der Waals surface area contributed by atoms with Crippen LogP contribution >= 0.6 is 15.9 Å². The summed E-state index contributed by atoms with van der Waals surface area (Å²) < 4.78 is 0.911. The Labute approximate surface area is 116 Å². The van der Waals surface area contributed by atoms with E-state index < -0.39 is 0 Å². The molecule has 2 aromatic rings. The minimum atomic E-state index is 0.691. The predicted molar refractivity (Wildman–Crippen MR) is 80.2 cm³/mol. The number of benzene rings is 1. The van der Waals surface area contributed by atoms with Crippen molar-refractivity contribution in [2.45, 2.75) is 20.3 Å². The van der Waals surface area contributed by atoms with Gasteiger partial charge in [0.25, 0.3) is 0 Å². The SMILES string of the molecule is CCc1ccccc1Nc1ncc(N)c(C)c1Br. The van der Waals surface area contributed by atoms with E-state index in [1.807, 2.05) is 19.1 Å². The van der Waals surface area contributed by atoms with Gasteiger partial charge in [-0.3, -0.25) is 0 Å². The van der Waals surface area contributed by atoms with E-state index in [-0.39, 0.29) is 0 Å². The van der Waals surface area contributed by atoms with Gasteiger partial charge in [0, 0.05) is 5.69 Å². The number of aromatic nitrogens is 1. The Morgan fingerprint density at radius 3 is 2.78 bits per heavy atom. The maximum absolute atomic E-state index is 5.82. The van der Waals surface area contributed by atoms with E-state index in [0.29, 0.717) is 5.69 Å². The van der Waals surface area contributed by atoms with Crippen LogP contribution in [-0.2, 0) is 6.42 Å². The summed E-state index contributed by atoms with van der Waals surface area (Å²) in [5, 5.41) is 3.35. The Balaban J connectivity index is 2.37. The number of aryl methyl sites for hydroxylation is 1. The van der Waals surface area contributed by atoms with Crippen LogP contribution in [0.5, 0.6) is 0 Å². The predicted octanol–water partition coefficient (Wildman–Crippen LogP) is 4.04. The Morgan fingerprint density at radius 2 is 2.06 bits per heavy atom. The number of hydrogen-bond acceptors (Lipinski definition) is 3. The first-order chi connectivity index (χ1) is 8.63. The Morgan fingerprint density at radius 1 is 1.33 bits per heavy atom. The first-order valence-electron chi connectivity index (χ1n) is 5.89. The van der Waals surface area contributed by atoms with E-state index in [0.717, 1.165) is 28.0 Å². The highest BCUT2D eigenvalue weighted by atomic mass is 79.9. The third-order valence-electron chi connectivity index (χ3n) is 2.95. The molecule has 1 heterocycles. The minimum absolute atomic E-state index is 0.691.